The molecule has 0 spiro atoms. The van der Waals surface area contributed by atoms with Crippen molar-refractivity contribution in [1.29, 1.82) is 0 Å². The monoisotopic (exact) mass is 469 g/mol. The van der Waals surface area contributed by atoms with Crippen LogP contribution in [0.1, 0.15) is 70.3 Å². The third kappa shape index (κ3) is 5.94. The highest BCUT2D eigenvalue weighted by molar-refractivity contribution is 5.83. The standard InChI is InChI=1S/C31H39N3O/c1-5-9-25-17-24(16-23-10-7-6-8-11-23)18-27-29(12-13-33-30(25)27)34-31(35)28(32)19-26-21(3)14-20(2)15-22(26)4/h6-8,10-11,14-15,17-18,28-29,33H,5,9,12-13,16,19,32H2,1-4H3,(H,34,35). The van der Waals surface area contributed by atoms with Crippen LogP contribution in [-0.2, 0) is 24.1 Å². The molecule has 2 atom stereocenters. The highest BCUT2D eigenvalue weighted by atomic mass is 16.2. The van der Waals surface area contributed by atoms with E-state index in [-0.39, 0.29) is 11.9 Å². The minimum Gasteiger partial charge on any atom is -0.384 e. The van der Waals surface area contributed by atoms with E-state index in [0.717, 1.165) is 32.2 Å². The van der Waals surface area contributed by atoms with Crippen molar-refractivity contribution in [2.75, 3.05) is 11.9 Å². The molecular weight excluding hydrogens is 430 g/mol. The molecule has 0 saturated heterocycles. The van der Waals surface area contributed by atoms with Crippen molar-refractivity contribution in [3.63, 3.8) is 0 Å². The molecule has 2 unspecified atom stereocenters. The molecule has 4 nitrogen and oxygen atoms in total. The minimum absolute atomic E-state index is 0.0312. The summed E-state index contributed by atoms with van der Waals surface area (Å²) >= 11 is 0. The second-order valence-electron chi connectivity index (χ2n) is 10.1. The number of carbonyl (C=O) groups is 1. The van der Waals surface area contributed by atoms with Gasteiger partial charge in [0, 0.05) is 12.2 Å². The van der Waals surface area contributed by atoms with Crippen molar-refractivity contribution >= 4 is 11.6 Å². The minimum atomic E-state index is -0.573. The van der Waals surface area contributed by atoms with E-state index in [4.69, 9.17) is 5.73 Å². The summed E-state index contributed by atoms with van der Waals surface area (Å²) in [6, 6.07) is 18.9. The number of amides is 1. The Morgan fingerprint density at radius 3 is 2.46 bits per heavy atom. The van der Waals surface area contributed by atoms with E-state index < -0.39 is 6.04 Å². The third-order valence-corrected chi connectivity index (χ3v) is 7.11. The van der Waals surface area contributed by atoms with Crippen molar-refractivity contribution in [2.45, 2.75) is 71.9 Å². The molecule has 0 fully saturated rings. The van der Waals surface area contributed by atoms with E-state index in [1.54, 1.807) is 0 Å². The zero-order valence-corrected chi connectivity index (χ0v) is 21.6. The van der Waals surface area contributed by atoms with E-state index in [0.29, 0.717) is 6.42 Å². The van der Waals surface area contributed by atoms with Gasteiger partial charge < -0.3 is 16.4 Å². The molecule has 0 radical (unpaired) electrons. The molecule has 0 aliphatic carbocycles. The van der Waals surface area contributed by atoms with Gasteiger partial charge in [0.15, 0.2) is 0 Å². The van der Waals surface area contributed by atoms with E-state index in [2.05, 4.69) is 92.9 Å². The molecule has 1 aliphatic rings. The third-order valence-electron chi connectivity index (χ3n) is 7.11. The maximum absolute atomic E-state index is 13.2. The van der Waals surface area contributed by atoms with Crippen molar-refractivity contribution in [1.82, 2.24) is 5.32 Å². The van der Waals surface area contributed by atoms with Gasteiger partial charge in [-0.3, -0.25) is 4.79 Å². The van der Waals surface area contributed by atoms with Crippen LogP contribution >= 0.6 is 0 Å². The Kier molecular flexibility index (Phi) is 7.92. The van der Waals surface area contributed by atoms with Crippen LogP contribution in [0.3, 0.4) is 0 Å². The molecule has 184 valence electrons. The second-order valence-corrected chi connectivity index (χ2v) is 10.1. The molecule has 35 heavy (non-hydrogen) atoms. The van der Waals surface area contributed by atoms with Crippen LogP contribution < -0.4 is 16.4 Å². The summed E-state index contributed by atoms with van der Waals surface area (Å²) in [5.41, 5.74) is 17.6. The first kappa shape index (κ1) is 25.0. The topological polar surface area (TPSA) is 67.1 Å². The number of benzene rings is 3. The van der Waals surface area contributed by atoms with Gasteiger partial charge in [0.2, 0.25) is 5.91 Å². The Bertz CT molecular complexity index is 1160. The quantitative estimate of drug-likeness (QED) is 0.397. The molecule has 1 aliphatic heterocycles. The van der Waals surface area contributed by atoms with E-state index >= 15 is 0 Å². The first-order chi connectivity index (χ1) is 16.9. The molecule has 1 amide bonds. The lowest BCUT2D eigenvalue weighted by molar-refractivity contribution is -0.123. The second kappa shape index (κ2) is 11.1. The van der Waals surface area contributed by atoms with Crippen LogP contribution in [0.4, 0.5) is 5.69 Å². The smallest absolute Gasteiger partial charge is 0.237 e. The predicted molar refractivity (Wildman–Crippen MR) is 146 cm³/mol. The number of hydrogen-bond donors (Lipinski definition) is 3. The number of hydrogen-bond acceptors (Lipinski definition) is 3. The molecule has 4 N–H and O–H groups in total. The van der Waals surface area contributed by atoms with Gasteiger partial charge in [0.25, 0.3) is 0 Å². The Hall–Kier alpha value is -3.11. The number of nitrogens with one attached hydrogen (secondary N) is 2. The Balaban J connectivity index is 1.56. The summed E-state index contributed by atoms with van der Waals surface area (Å²) in [7, 11) is 0. The zero-order valence-electron chi connectivity index (χ0n) is 21.6. The Labute approximate surface area is 210 Å². The molecule has 0 aromatic heterocycles. The van der Waals surface area contributed by atoms with Gasteiger partial charge in [0.1, 0.15) is 0 Å². The van der Waals surface area contributed by atoms with Gasteiger partial charge in [0.05, 0.1) is 12.1 Å². The molecular formula is C31H39N3O. The van der Waals surface area contributed by atoms with Crippen LogP contribution in [0.15, 0.2) is 54.6 Å². The number of anilines is 1. The van der Waals surface area contributed by atoms with Crippen LogP contribution in [0.25, 0.3) is 0 Å². The van der Waals surface area contributed by atoms with Crippen molar-refractivity contribution in [3.05, 3.63) is 99.1 Å². The lowest BCUT2D eigenvalue weighted by Crippen LogP contribution is -2.45. The van der Waals surface area contributed by atoms with Crippen molar-refractivity contribution < 1.29 is 4.79 Å². The number of nitrogens with two attached hydrogens (primary N) is 1. The maximum Gasteiger partial charge on any atom is 0.237 e. The summed E-state index contributed by atoms with van der Waals surface area (Å²) in [6.07, 6.45) is 4.40. The predicted octanol–water partition coefficient (Wildman–Crippen LogP) is 5.70. The summed E-state index contributed by atoms with van der Waals surface area (Å²) in [4.78, 5) is 13.2. The number of fused-ring (bicyclic) bond motifs is 1. The highest BCUT2D eigenvalue weighted by Gasteiger charge is 2.26. The fourth-order valence-electron chi connectivity index (χ4n) is 5.46. The first-order valence-corrected chi connectivity index (χ1v) is 12.9. The highest BCUT2D eigenvalue weighted by Crippen LogP contribution is 2.35. The number of carbonyl (C=O) groups excluding carboxylic acids is 1. The van der Waals surface area contributed by atoms with Gasteiger partial charge in [-0.15, -0.1) is 0 Å². The number of aryl methyl sites for hydroxylation is 4. The molecule has 4 heteroatoms. The van der Waals surface area contributed by atoms with E-state index in [1.165, 1.54) is 50.2 Å². The molecule has 1 heterocycles. The van der Waals surface area contributed by atoms with E-state index in [1.807, 2.05) is 0 Å². The zero-order chi connectivity index (χ0) is 24.9. The average molecular weight is 470 g/mol. The Morgan fingerprint density at radius 1 is 1.06 bits per heavy atom. The van der Waals surface area contributed by atoms with Gasteiger partial charge >= 0.3 is 0 Å². The van der Waals surface area contributed by atoms with Crippen molar-refractivity contribution in [2.24, 2.45) is 5.73 Å². The van der Waals surface area contributed by atoms with Crippen LogP contribution in [0.2, 0.25) is 0 Å². The number of rotatable bonds is 8. The lowest BCUT2D eigenvalue weighted by atomic mass is 9.89. The first-order valence-electron chi connectivity index (χ1n) is 12.9. The molecule has 3 aromatic carbocycles. The summed E-state index contributed by atoms with van der Waals surface area (Å²) < 4.78 is 0. The summed E-state index contributed by atoms with van der Waals surface area (Å²) in [6.45, 7) is 9.37. The fourth-order valence-corrected chi connectivity index (χ4v) is 5.46. The summed E-state index contributed by atoms with van der Waals surface area (Å²) in [5.74, 6) is -0.0762. The Morgan fingerprint density at radius 2 is 1.77 bits per heavy atom. The van der Waals surface area contributed by atoms with Crippen molar-refractivity contribution in [3.8, 4) is 0 Å². The van der Waals surface area contributed by atoms with Gasteiger partial charge in [-0.05, 0) is 85.4 Å². The SMILES string of the molecule is CCCc1cc(Cc2ccccc2)cc2c1NCCC2NC(=O)C(N)Cc1c(C)cc(C)cc1C. The van der Waals surface area contributed by atoms with E-state index in [9.17, 15) is 4.79 Å². The fraction of sp³-hybridized carbons (Fsp3) is 0.387. The van der Waals surface area contributed by atoms with Crippen LogP contribution in [0.5, 0.6) is 0 Å². The van der Waals surface area contributed by atoms with Gasteiger partial charge in [-0.1, -0.05) is 73.5 Å². The molecule has 4 rings (SSSR count). The van der Waals surface area contributed by atoms with Gasteiger partial charge in [-0.2, -0.15) is 0 Å². The molecule has 0 bridgehead atoms. The average Bonchev–Trinajstić information content (AvgIpc) is 2.82. The van der Waals surface area contributed by atoms with Crippen LogP contribution in [0, 0.1) is 20.8 Å². The van der Waals surface area contributed by atoms with Crippen LogP contribution in [-0.4, -0.2) is 18.5 Å². The van der Waals surface area contributed by atoms with Gasteiger partial charge in [-0.25, -0.2) is 0 Å². The maximum atomic E-state index is 13.2. The largest absolute Gasteiger partial charge is 0.384 e. The summed E-state index contributed by atoms with van der Waals surface area (Å²) in [5, 5.41) is 6.92. The molecule has 0 saturated carbocycles. The molecule has 3 aromatic rings. The lowest BCUT2D eigenvalue weighted by Gasteiger charge is -2.31. The normalized spacial score (nSPS) is 15.7.